The summed E-state index contributed by atoms with van der Waals surface area (Å²) in [5.41, 5.74) is 7.03. The third-order valence-electron chi connectivity index (χ3n) is 5.93. The van der Waals surface area contributed by atoms with E-state index in [2.05, 4.69) is 4.98 Å². The normalized spacial score (nSPS) is 20.9. The summed E-state index contributed by atoms with van der Waals surface area (Å²) in [6, 6.07) is 14.8. The lowest BCUT2D eigenvalue weighted by molar-refractivity contribution is -0.155. The Morgan fingerprint density at radius 3 is 2.31 bits per heavy atom. The first-order chi connectivity index (χ1) is 18.5. The Balaban J connectivity index is 1.79. The minimum atomic E-state index is -4.41. The number of carbonyl (C=O) groups excluding carboxylic acids is 2. The lowest BCUT2D eigenvalue weighted by Gasteiger charge is -2.24. The van der Waals surface area contributed by atoms with Crippen LogP contribution in [0.2, 0.25) is 0 Å². The van der Waals surface area contributed by atoms with E-state index in [9.17, 15) is 22.8 Å². The lowest BCUT2D eigenvalue weighted by Crippen LogP contribution is -2.42. The second kappa shape index (κ2) is 11.4. The number of ether oxygens (including phenoxy) is 3. The minimum absolute atomic E-state index is 0.0457. The number of aryl methyl sites for hydroxylation is 1. The summed E-state index contributed by atoms with van der Waals surface area (Å²) in [6.07, 6.45) is -4.20. The van der Waals surface area contributed by atoms with Crippen molar-refractivity contribution in [2.24, 2.45) is 0 Å². The maximum atomic E-state index is 13.2. The van der Waals surface area contributed by atoms with Gasteiger partial charge in [0, 0.05) is 25.6 Å². The van der Waals surface area contributed by atoms with Crippen molar-refractivity contribution < 1.29 is 36.4 Å². The molecule has 1 aliphatic rings. The summed E-state index contributed by atoms with van der Waals surface area (Å²) in [5, 5.41) is 0. The first-order valence-electron chi connectivity index (χ1n) is 11.9. The number of carbonyl (C=O) groups is 2. The van der Waals surface area contributed by atoms with Crippen LogP contribution in [0.15, 0.2) is 70.5 Å². The van der Waals surface area contributed by atoms with Crippen molar-refractivity contribution in [3.8, 4) is 11.1 Å². The molecule has 0 spiro atoms. The number of nitrogens with two attached hydrogens (primary N) is 1. The molecule has 2 heterocycles. The van der Waals surface area contributed by atoms with E-state index in [0.717, 1.165) is 24.0 Å². The number of rotatable bonds is 8. The third-order valence-corrected chi connectivity index (χ3v) is 7.25. The number of benzene rings is 2. The number of hydrogen-bond donors (Lipinski definition) is 1. The second-order valence-electron chi connectivity index (χ2n) is 8.87. The molecule has 3 aromatic rings. The van der Waals surface area contributed by atoms with Crippen LogP contribution in [-0.4, -0.2) is 54.8 Å². The van der Waals surface area contributed by atoms with Gasteiger partial charge in [-0.2, -0.15) is 13.4 Å². The van der Waals surface area contributed by atoms with Crippen LogP contribution in [0, 0.1) is 6.92 Å². The van der Waals surface area contributed by atoms with Gasteiger partial charge in [-0.1, -0.05) is 48.0 Å². The molecule has 0 radical (unpaired) electrons. The zero-order chi connectivity index (χ0) is 28.3. The van der Waals surface area contributed by atoms with Gasteiger partial charge in [0.25, 0.3) is 10.1 Å². The van der Waals surface area contributed by atoms with Gasteiger partial charge in [-0.15, -0.1) is 0 Å². The molecule has 1 aliphatic heterocycles. The average Bonchev–Trinajstić information content (AvgIpc) is 3.19. The molecule has 2 N–H and O–H groups in total. The molecule has 13 heteroatoms. The van der Waals surface area contributed by atoms with Crippen LogP contribution in [-0.2, 0) is 38.1 Å². The molecular weight excluding hydrogens is 530 g/mol. The summed E-state index contributed by atoms with van der Waals surface area (Å²) in [5.74, 6) is -1.50. The summed E-state index contributed by atoms with van der Waals surface area (Å²) in [7, 11) is -4.41. The molecule has 206 valence electrons. The maximum absolute atomic E-state index is 13.2. The van der Waals surface area contributed by atoms with E-state index >= 15 is 0 Å². The zero-order valence-corrected chi connectivity index (χ0v) is 22.2. The molecule has 1 fully saturated rings. The molecule has 0 bridgehead atoms. The number of hydrogen-bond acceptors (Lipinski definition) is 11. The van der Waals surface area contributed by atoms with E-state index in [-0.39, 0.29) is 10.7 Å². The number of aromatic nitrogens is 2. The van der Waals surface area contributed by atoms with Gasteiger partial charge in [-0.3, -0.25) is 18.3 Å². The Hall–Kier alpha value is -4.07. The summed E-state index contributed by atoms with van der Waals surface area (Å²) < 4.78 is 49.4. The summed E-state index contributed by atoms with van der Waals surface area (Å²) >= 11 is 0. The fourth-order valence-electron chi connectivity index (χ4n) is 4.11. The molecule has 4 rings (SSSR count). The molecule has 0 saturated carbocycles. The Labute approximate surface area is 224 Å². The minimum Gasteiger partial charge on any atom is -0.463 e. The van der Waals surface area contributed by atoms with Crippen LogP contribution in [0.3, 0.4) is 0 Å². The van der Waals surface area contributed by atoms with Crippen molar-refractivity contribution in [3.63, 3.8) is 0 Å². The Kier molecular flexibility index (Phi) is 8.14. The topological polar surface area (TPSA) is 166 Å². The van der Waals surface area contributed by atoms with Crippen molar-refractivity contribution in [2.75, 3.05) is 12.3 Å². The van der Waals surface area contributed by atoms with Gasteiger partial charge in [0.2, 0.25) is 0 Å². The Morgan fingerprint density at radius 2 is 1.69 bits per heavy atom. The third kappa shape index (κ3) is 6.33. The number of anilines is 1. The summed E-state index contributed by atoms with van der Waals surface area (Å²) in [6.45, 7) is 3.62. The van der Waals surface area contributed by atoms with Gasteiger partial charge in [0.05, 0.1) is 4.90 Å². The van der Waals surface area contributed by atoms with Gasteiger partial charge < -0.3 is 19.9 Å². The van der Waals surface area contributed by atoms with Gasteiger partial charge in [0.15, 0.2) is 12.3 Å². The van der Waals surface area contributed by atoms with Gasteiger partial charge in [-0.25, -0.2) is 4.79 Å². The fraction of sp³-hybridized carbons (Fsp3) is 0.308. The standard InChI is InChI=1S/C26H27N3O9S/c1-15-9-11-19(12-10-15)39(33,34)38-22-21(14-35-16(2)30)37-25(23(22)36-17(3)31)29-13-20(24(27)28-26(29)32)18-7-5-4-6-8-18/h4-13,21-23,25H,14H2,1-3H3,(H2,27,28,32)/t21-,22+,23-,25-/m1/s1. The highest BCUT2D eigenvalue weighted by molar-refractivity contribution is 7.86. The predicted octanol–water partition coefficient (Wildman–Crippen LogP) is 1.97. The Bertz CT molecular complexity index is 1520. The van der Waals surface area contributed by atoms with E-state index < -0.39 is 58.9 Å². The highest BCUT2D eigenvalue weighted by Gasteiger charge is 2.52. The molecule has 12 nitrogen and oxygen atoms in total. The highest BCUT2D eigenvalue weighted by atomic mass is 32.2. The van der Waals surface area contributed by atoms with Gasteiger partial charge in [-0.05, 0) is 24.6 Å². The van der Waals surface area contributed by atoms with Crippen LogP contribution >= 0.6 is 0 Å². The van der Waals surface area contributed by atoms with Crippen molar-refractivity contribution >= 4 is 27.9 Å². The molecular formula is C26H27N3O9S. The smallest absolute Gasteiger partial charge is 0.351 e. The number of nitrogen functional groups attached to an aromatic ring is 1. The zero-order valence-electron chi connectivity index (χ0n) is 21.3. The largest absolute Gasteiger partial charge is 0.463 e. The van der Waals surface area contributed by atoms with Crippen LogP contribution in [0.1, 0.15) is 25.6 Å². The van der Waals surface area contributed by atoms with Crippen LogP contribution in [0.5, 0.6) is 0 Å². The predicted molar refractivity (Wildman–Crippen MR) is 138 cm³/mol. The molecule has 1 saturated heterocycles. The molecule has 1 aromatic heterocycles. The van der Waals surface area contributed by atoms with E-state index in [1.54, 1.807) is 49.4 Å². The van der Waals surface area contributed by atoms with Gasteiger partial charge >= 0.3 is 17.6 Å². The van der Waals surface area contributed by atoms with E-state index in [0.29, 0.717) is 11.1 Å². The van der Waals surface area contributed by atoms with Crippen LogP contribution < -0.4 is 11.4 Å². The molecule has 2 aromatic carbocycles. The lowest BCUT2D eigenvalue weighted by atomic mass is 10.1. The molecule has 4 atom stereocenters. The maximum Gasteiger partial charge on any atom is 0.351 e. The Morgan fingerprint density at radius 1 is 1.03 bits per heavy atom. The number of esters is 2. The first-order valence-corrected chi connectivity index (χ1v) is 13.3. The van der Waals surface area contributed by atoms with Crippen molar-refractivity contribution in [3.05, 3.63) is 76.8 Å². The van der Waals surface area contributed by atoms with E-state index in [4.69, 9.17) is 24.1 Å². The first kappa shape index (κ1) is 28.0. The van der Waals surface area contributed by atoms with E-state index in [1.165, 1.54) is 18.3 Å². The number of nitrogens with zero attached hydrogens (tertiary/aromatic N) is 2. The van der Waals surface area contributed by atoms with E-state index in [1.807, 2.05) is 0 Å². The highest BCUT2D eigenvalue weighted by Crippen LogP contribution is 2.36. The SMILES string of the molecule is CC(=O)OC[C@H]1O[C@@H](n2cc(-c3ccccc3)c(N)nc2=O)[C@H](OC(C)=O)[C@H]1OS(=O)(=O)c1ccc(C)cc1. The average molecular weight is 558 g/mol. The van der Waals surface area contributed by atoms with Crippen molar-refractivity contribution in [1.29, 1.82) is 0 Å². The molecule has 0 amide bonds. The quantitative estimate of drug-likeness (QED) is 0.318. The van der Waals surface area contributed by atoms with Crippen molar-refractivity contribution in [2.45, 2.75) is 50.2 Å². The van der Waals surface area contributed by atoms with Crippen LogP contribution in [0.25, 0.3) is 11.1 Å². The molecule has 0 unspecified atom stereocenters. The monoisotopic (exact) mass is 557 g/mol. The second-order valence-corrected chi connectivity index (χ2v) is 10.4. The fourth-order valence-corrected chi connectivity index (χ4v) is 5.22. The van der Waals surface area contributed by atoms with Crippen molar-refractivity contribution in [1.82, 2.24) is 9.55 Å². The van der Waals surface area contributed by atoms with Gasteiger partial charge in [0.1, 0.15) is 24.6 Å². The molecule has 39 heavy (non-hydrogen) atoms. The molecule has 0 aliphatic carbocycles. The summed E-state index contributed by atoms with van der Waals surface area (Å²) in [4.78, 5) is 40.4. The van der Waals surface area contributed by atoms with Crippen LogP contribution in [0.4, 0.5) is 5.82 Å².